The summed E-state index contributed by atoms with van der Waals surface area (Å²) in [5, 5.41) is 6.39. The Kier molecular flexibility index (Phi) is 7.49. The third kappa shape index (κ3) is 5.09. The van der Waals surface area contributed by atoms with Crippen LogP contribution in [0.5, 0.6) is 0 Å². The summed E-state index contributed by atoms with van der Waals surface area (Å²) in [6.07, 6.45) is 0. The number of halogens is 1. The quantitative estimate of drug-likeness (QED) is 0.481. The summed E-state index contributed by atoms with van der Waals surface area (Å²) in [5.74, 6) is -2.49. The molecule has 0 saturated heterocycles. The monoisotopic (exact) mass is 494 g/mol. The first-order valence-corrected chi connectivity index (χ1v) is 11.3. The van der Waals surface area contributed by atoms with E-state index in [4.69, 9.17) is 21.1 Å². The molecule has 2 heterocycles. The Balaban J connectivity index is 1.52. The maximum Gasteiger partial charge on any atom is 0.341 e. The van der Waals surface area contributed by atoms with Crippen molar-refractivity contribution in [3.8, 4) is 0 Å². The van der Waals surface area contributed by atoms with E-state index in [-0.39, 0.29) is 10.4 Å². The van der Waals surface area contributed by atoms with Gasteiger partial charge < -0.3 is 20.1 Å². The van der Waals surface area contributed by atoms with Gasteiger partial charge in [-0.05, 0) is 25.5 Å². The second-order valence-corrected chi connectivity index (χ2v) is 9.27. The van der Waals surface area contributed by atoms with Crippen LogP contribution in [0.4, 0.5) is 5.00 Å². The average Bonchev–Trinajstić information content (AvgIpc) is 3.26. The van der Waals surface area contributed by atoms with Crippen LogP contribution in [-0.4, -0.2) is 44.0 Å². The fourth-order valence-corrected chi connectivity index (χ4v) is 5.31. The number of rotatable bonds is 7. The molecule has 3 aromatic rings. The number of benzene rings is 1. The number of fused-ring (bicyclic) bond motifs is 1. The van der Waals surface area contributed by atoms with Crippen molar-refractivity contribution in [1.82, 2.24) is 5.32 Å². The van der Waals surface area contributed by atoms with E-state index in [0.717, 1.165) is 15.0 Å². The highest BCUT2D eigenvalue weighted by Gasteiger charge is 2.22. The molecule has 0 spiro atoms. The minimum absolute atomic E-state index is 0.266. The molecule has 0 bridgehead atoms. The summed E-state index contributed by atoms with van der Waals surface area (Å²) in [6, 6.07) is 7.31. The molecule has 2 N–H and O–H groups in total. The van der Waals surface area contributed by atoms with Crippen molar-refractivity contribution in [3.05, 3.63) is 50.2 Å². The summed E-state index contributed by atoms with van der Waals surface area (Å²) < 4.78 is 10.5. The predicted molar refractivity (Wildman–Crippen MR) is 124 cm³/mol. The highest BCUT2D eigenvalue weighted by molar-refractivity contribution is 7.21. The second-order valence-electron chi connectivity index (χ2n) is 6.61. The zero-order valence-corrected chi connectivity index (χ0v) is 19.8. The molecule has 8 nitrogen and oxygen atoms in total. The lowest BCUT2D eigenvalue weighted by Gasteiger charge is -2.08. The van der Waals surface area contributed by atoms with Gasteiger partial charge in [0, 0.05) is 15.0 Å². The highest BCUT2D eigenvalue weighted by atomic mass is 35.5. The standard InChI is InChI=1S/C21H19ClN2O6S2/c1-10-11(2)31-20(16(10)21(28)29-3)24-14(25)9-30-15(26)8-23-19(27)18-17(22)12-6-4-5-7-13(12)32-18/h4-7H,8-9H2,1-3H3,(H,23,27)(H,24,25). The van der Waals surface area contributed by atoms with Crippen molar-refractivity contribution in [2.24, 2.45) is 0 Å². The number of ether oxygens (including phenoxy) is 2. The lowest BCUT2D eigenvalue weighted by Crippen LogP contribution is -2.32. The summed E-state index contributed by atoms with van der Waals surface area (Å²) in [6.45, 7) is 2.56. The molecular weight excluding hydrogens is 476 g/mol. The normalized spacial score (nSPS) is 10.6. The third-order valence-corrected chi connectivity index (χ3v) is 7.32. The Labute approximate surface area is 196 Å². The molecule has 0 aliphatic carbocycles. The first-order chi connectivity index (χ1) is 15.2. The molecule has 0 aliphatic rings. The van der Waals surface area contributed by atoms with Gasteiger partial charge in [-0.3, -0.25) is 14.4 Å². The van der Waals surface area contributed by atoms with Crippen LogP contribution in [0.2, 0.25) is 5.02 Å². The number of esters is 2. The van der Waals surface area contributed by atoms with Crippen molar-refractivity contribution in [2.75, 3.05) is 25.6 Å². The van der Waals surface area contributed by atoms with Gasteiger partial charge in [0.1, 0.15) is 16.4 Å². The number of hydrogen-bond donors (Lipinski definition) is 2. The van der Waals surface area contributed by atoms with Crippen molar-refractivity contribution >= 4 is 73.1 Å². The maximum absolute atomic E-state index is 12.4. The molecule has 3 rings (SSSR count). The molecule has 0 fully saturated rings. The van der Waals surface area contributed by atoms with Crippen molar-refractivity contribution in [2.45, 2.75) is 13.8 Å². The molecule has 2 aromatic heterocycles. The van der Waals surface area contributed by atoms with Gasteiger partial charge in [0.25, 0.3) is 11.8 Å². The number of carbonyl (C=O) groups excluding carboxylic acids is 4. The first kappa shape index (κ1) is 23.7. The Morgan fingerprint density at radius 2 is 1.81 bits per heavy atom. The molecule has 0 unspecified atom stereocenters. The van der Waals surface area contributed by atoms with E-state index >= 15 is 0 Å². The molecule has 0 atom stereocenters. The highest BCUT2D eigenvalue weighted by Crippen LogP contribution is 2.35. The fourth-order valence-electron chi connectivity index (χ4n) is 2.82. The van der Waals surface area contributed by atoms with Gasteiger partial charge in [-0.2, -0.15) is 0 Å². The first-order valence-electron chi connectivity index (χ1n) is 9.32. The number of amides is 2. The van der Waals surface area contributed by atoms with Crippen LogP contribution in [0, 0.1) is 13.8 Å². The van der Waals surface area contributed by atoms with E-state index in [1.807, 2.05) is 25.1 Å². The van der Waals surface area contributed by atoms with Gasteiger partial charge in [0.05, 0.1) is 17.7 Å². The Morgan fingerprint density at radius 1 is 1.09 bits per heavy atom. The van der Waals surface area contributed by atoms with E-state index in [0.29, 0.717) is 15.6 Å². The predicted octanol–water partition coefficient (Wildman–Crippen LogP) is 3.93. The zero-order chi connectivity index (χ0) is 23.4. The molecule has 1 aromatic carbocycles. The lowest BCUT2D eigenvalue weighted by atomic mass is 10.1. The van der Waals surface area contributed by atoms with Gasteiger partial charge >= 0.3 is 11.9 Å². The van der Waals surface area contributed by atoms with Crippen molar-refractivity contribution in [1.29, 1.82) is 0 Å². The van der Waals surface area contributed by atoms with Crippen molar-refractivity contribution < 1.29 is 28.7 Å². The number of thiophene rings is 2. The number of anilines is 1. The van der Waals surface area contributed by atoms with Crippen LogP contribution >= 0.6 is 34.3 Å². The smallest absolute Gasteiger partial charge is 0.341 e. The van der Waals surface area contributed by atoms with E-state index in [1.54, 1.807) is 13.0 Å². The molecule has 2 amide bonds. The fraction of sp³-hybridized carbons (Fsp3) is 0.238. The van der Waals surface area contributed by atoms with Crippen LogP contribution in [-0.2, 0) is 19.1 Å². The molecule has 32 heavy (non-hydrogen) atoms. The molecular formula is C21H19ClN2O6S2. The van der Waals surface area contributed by atoms with Gasteiger partial charge in [-0.25, -0.2) is 4.79 Å². The summed E-state index contributed by atoms with van der Waals surface area (Å²) >= 11 is 8.69. The van der Waals surface area contributed by atoms with E-state index in [2.05, 4.69) is 10.6 Å². The number of aryl methyl sites for hydroxylation is 1. The van der Waals surface area contributed by atoms with Crippen LogP contribution < -0.4 is 10.6 Å². The number of hydrogen-bond acceptors (Lipinski definition) is 8. The minimum atomic E-state index is -0.794. The Hall–Kier alpha value is -2.95. The molecule has 0 aliphatic heterocycles. The van der Waals surface area contributed by atoms with Crippen LogP contribution in [0.3, 0.4) is 0 Å². The van der Waals surface area contributed by atoms with E-state index in [9.17, 15) is 19.2 Å². The number of methoxy groups -OCH3 is 1. The largest absolute Gasteiger partial charge is 0.465 e. The Bertz CT molecular complexity index is 1220. The Morgan fingerprint density at radius 3 is 2.50 bits per heavy atom. The summed E-state index contributed by atoms with van der Waals surface area (Å²) in [7, 11) is 1.25. The average molecular weight is 495 g/mol. The van der Waals surface area contributed by atoms with Crippen LogP contribution in [0.1, 0.15) is 30.5 Å². The van der Waals surface area contributed by atoms with E-state index < -0.39 is 36.9 Å². The van der Waals surface area contributed by atoms with Crippen LogP contribution in [0.15, 0.2) is 24.3 Å². The topological polar surface area (TPSA) is 111 Å². The van der Waals surface area contributed by atoms with Gasteiger partial charge in [0.2, 0.25) is 0 Å². The number of carbonyl (C=O) groups is 4. The molecule has 11 heteroatoms. The maximum atomic E-state index is 12.4. The SMILES string of the molecule is COC(=O)c1c(NC(=O)COC(=O)CNC(=O)c2sc3ccccc3c2Cl)sc(C)c1C. The summed E-state index contributed by atoms with van der Waals surface area (Å²) in [5.41, 5.74) is 0.971. The van der Waals surface area contributed by atoms with Gasteiger partial charge in [-0.15, -0.1) is 22.7 Å². The van der Waals surface area contributed by atoms with Crippen molar-refractivity contribution in [3.63, 3.8) is 0 Å². The van der Waals surface area contributed by atoms with Gasteiger partial charge in [-0.1, -0.05) is 29.8 Å². The summed E-state index contributed by atoms with van der Waals surface area (Å²) in [4.78, 5) is 49.6. The zero-order valence-electron chi connectivity index (χ0n) is 17.4. The molecule has 0 radical (unpaired) electrons. The van der Waals surface area contributed by atoms with E-state index in [1.165, 1.54) is 29.8 Å². The van der Waals surface area contributed by atoms with Crippen LogP contribution in [0.25, 0.3) is 10.1 Å². The third-order valence-electron chi connectivity index (χ3n) is 4.53. The van der Waals surface area contributed by atoms with Gasteiger partial charge in [0.15, 0.2) is 6.61 Å². The minimum Gasteiger partial charge on any atom is -0.465 e. The molecule has 168 valence electrons. The molecule has 0 saturated carbocycles. The number of nitrogens with one attached hydrogen (secondary N) is 2. The second kappa shape index (κ2) is 10.1. The lowest BCUT2D eigenvalue weighted by molar-refractivity contribution is -0.146.